The summed E-state index contributed by atoms with van der Waals surface area (Å²) in [4.78, 5) is 7.38. The molecule has 23 heavy (non-hydrogen) atoms. The molecular weight excluding hydrogens is 288 g/mol. The Morgan fingerprint density at radius 2 is 1.83 bits per heavy atom. The lowest BCUT2D eigenvalue weighted by atomic mass is 9.87. The van der Waals surface area contributed by atoms with Gasteiger partial charge in [-0.05, 0) is 52.4 Å². The molecule has 5 heteroatoms. The molecule has 0 radical (unpaired) electrons. The molecule has 2 aliphatic rings. The van der Waals surface area contributed by atoms with Gasteiger partial charge in [0.25, 0.3) is 0 Å². The fourth-order valence-corrected chi connectivity index (χ4v) is 3.46. The Morgan fingerprint density at radius 1 is 1.17 bits per heavy atom. The first kappa shape index (κ1) is 18.5. The number of guanidine groups is 1. The van der Waals surface area contributed by atoms with Gasteiger partial charge in [0.15, 0.2) is 5.96 Å². The zero-order valence-electron chi connectivity index (χ0n) is 15.5. The van der Waals surface area contributed by atoms with Crippen LogP contribution in [-0.2, 0) is 4.74 Å². The van der Waals surface area contributed by atoms with Crippen molar-refractivity contribution < 1.29 is 4.74 Å². The van der Waals surface area contributed by atoms with E-state index in [1.165, 1.54) is 25.7 Å². The second-order valence-corrected chi connectivity index (χ2v) is 7.71. The van der Waals surface area contributed by atoms with Crippen LogP contribution in [0.25, 0.3) is 0 Å². The highest BCUT2D eigenvalue weighted by Crippen LogP contribution is 2.23. The van der Waals surface area contributed by atoms with Gasteiger partial charge >= 0.3 is 0 Å². The number of hydrogen-bond acceptors (Lipinski definition) is 3. The number of ether oxygens (including phenoxy) is 1. The molecule has 1 saturated carbocycles. The maximum atomic E-state index is 5.47. The summed E-state index contributed by atoms with van der Waals surface area (Å²) >= 11 is 0. The maximum absolute atomic E-state index is 5.47. The molecule has 2 N–H and O–H groups in total. The van der Waals surface area contributed by atoms with Gasteiger partial charge in [-0.2, -0.15) is 0 Å². The monoisotopic (exact) mass is 324 g/mol. The third kappa shape index (κ3) is 5.96. The molecule has 0 spiro atoms. The summed E-state index contributed by atoms with van der Waals surface area (Å²) in [5.74, 6) is 1.86. The zero-order chi connectivity index (χ0) is 16.7. The number of rotatable bonds is 5. The van der Waals surface area contributed by atoms with E-state index in [2.05, 4.69) is 43.2 Å². The first-order chi connectivity index (χ1) is 11.0. The Labute approximate surface area is 142 Å². The number of nitrogens with zero attached hydrogens (tertiary/aromatic N) is 2. The molecule has 1 saturated heterocycles. The molecule has 134 valence electrons. The minimum Gasteiger partial charge on any atom is -0.379 e. The van der Waals surface area contributed by atoms with E-state index in [1.807, 2.05) is 0 Å². The van der Waals surface area contributed by atoms with E-state index >= 15 is 0 Å². The predicted molar refractivity (Wildman–Crippen MR) is 97.0 cm³/mol. The Balaban J connectivity index is 1.89. The summed E-state index contributed by atoms with van der Waals surface area (Å²) in [6.45, 7) is 14.5. The zero-order valence-corrected chi connectivity index (χ0v) is 15.5. The van der Waals surface area contributed by atoms with E-state index in [0.717, 1.165) is 51.3 Å². The summed E-state index contributed by atoms with van der Waals surface area (Å²) in [7, 11) is 0. The highest BCUT2D eigenvalue weighted by molar-refractivity contribution is 5.80. The lowest BCUT2D eigenvalue weighted by Gasteiger charge is -2.40. The topological polar surface area (TPSA) is 48.9 Å². The lowest BCUT2D eigenvalue weighted by molar-refractivity contribution is -0.00684. The van der Waals surface area contributed by atoms with E-state index in [4.69, 9.17) is 9.73 Å². The van der Waals surface area contributed by atoms with Crippen LogP contribution in [0.15, 0.2) is 4.99 Å². The summed E-state index contributed by atoms with van der Waals surface area (Å²) < 4.78 is 5.47. The quantitative estimate of drug-likeness (QED) is 0.601. The number of morpholine rings is 1. The van der Waals surface area contributed by atoms with Crippen LogP contribution in [0.2, 0.25) is 0 Å². The molecule has 2 fully saturated rings. The van der Waals surface area contributed by atoms with Crippen molar-refractivity contribution in [1.29, 1.82) is 0 Å². The lowest BCUT2D eigenvalue weighted by Crippen LogP contribution is -2.52. The molecule has 2 rings (SSSR count). The van der Waals surface area contributed by atoms with Crippen molar-refractivity contribution in [1.82, 2.24) is 15.5 Å². The Morgan fingerprint density at radius 3 is 2.43 bits per heavy atom. The normalized spacial score (nSPS) is 27.7. The van der Waals surface area contributed by atoms with Crippen molar-refractivity contribution >= 4 is 5.96 Å². The smallest absolute Gasteiger partial charge is 0.191 e. The molecule has 5 nitrogen and oxygen atoms in total. The molecular formula is C18H36N4O. The van der Waals surface area contributed by atoms with Gasteiger partial charge in [0.2, 0.25) is 0 Å². The van der Waals surface area contributed by atoms with Gasteiger partial charge in [-0.3, -0.25) is 9.89 Å². The van der Waals surface area contributed by atoms with E-state index in [-0.39, 0.29) is 5.54 Å². The van der Waals surface area contributed by atoms with E-state index < -0.39 is 0 Å². The molecule has 0 aromatic carbocycles. The van der Waals surface area contributed by atoms with Crippen LogP contribution in [0.5, 0.6) is 0 Å². The van der Waals surface area contributed by atoms with Crippen LogP contribution < -0.4 is 10.6 Å². The third-order valence-corrected chi connectivity index (χ3v) is 5.19. The fraction of sp³-hybridized carbons (Fsp3) is 0.944. The van der Waals surface area contributed by atoms with E-state index in [9.17, 15) is 0 Å². The van der Waals surface area contributed by atoms with Gasteiger partial charge in [0.05, 0.1) is 19.8 Å². The summed E-state index contributed by atoms with van der Waals surface area (Å²) in [6.07, 6.45) is 5.18. The molecule has 1 aliphatic heterocycles. The molecule has 1 heterocycles. The van der Waals surface area contributed by atoms with Crippen molar-refractivity contribution in [2.75, 3.05) is 39.4 Å². The van der Waals surface area contributed by atoms with Crippen LogP contribution >= 0.6 is 0 Å². The molecule has 1 aliphatic carbocycles. The summed E-state index contributed by atoms with van der Waals surface area (Å²) in [5, 5.41) is 7.06. The summed E-state index contributed by atoms with van der Waals surface area (Å²) in [6, 6.07) is 0.579. The van der Waals surface area contributed by atoms with E-state index in [1.54, 1.807) is 0 Å². The largest absolute Gasteiger partial charge is 0.379 e. The van der Waals surface area contributed by atoms with Crippen molar-refractivity contribution in [3.05, 3.63) is 0 Å². The van der Waals surface area contributed by atoms with Crippen LogP contribution in [0.1, 0.15) is 53.4 Å². The summed E-state index contributed by atoms with van der Waals surface area (Å²) in [5.41, 5.74) is 0.0766. The second kappa shape index (κ2) is 8.88. The molecule has 0 unspecified atom stereocenters. The van der Waals surface area contributed by atoms with Gasteiger partial charge in [-0.25, -0.2) is 0 Å². The van der Waals surface area contributed by atoms with Gasteiger partial charge in [-0.1, -0.05) is 6.92 Å². The minimum atomic E-state index is 0.0766. The number of hydrogen-bond donors (Lipinski definition) is 2. The van der Waals surface area contributed by atoms with Gasteiger partial charge < -0.3 is 15.4 Å². The minimum absolute atomic E-state index is 0.0766. The first-order valence-electron chi connectivity index (χ1n) is 9.39. The average molecular weight is 325 g/mol. The van der Waals surface area contributed by atoms with Crippen molar-refractivity contribution in [3.63, 3.8) is 0 Å². The first-order valence-corrected chi connectivity index (χ1v) is 9.39. The molecule has 0 amide bonds. The molecule has 0 atom stereocenters. The molecule has 0 bridgehead atoms. The Hall–Kier alpha value is -0.810. The highest BCUT2D eigenvalue weighted by Gasteiger charge is 2.28. The number of aliphatic imine (C=N–C) groups is 1. The predicted octanol–water partition coefficient (Wildman–Crippen LogP) is 2.23. The van der Waals surface area contributed by atoms with Crippen molar-refractivity contribution in [3.8, 4) is 0 Å². The molecule has 0 aromatic heterocycles. The Bertz CT molecular complexity index is 369. The fourth-order valence-electron chi connectivity index (χ4n) is 3.46. The highest BCUT2D eigenvalue weighted by atomic mass is 16.5. The van der Waals surface area contributed by atoms with Crippen molar-refractivity contribution in [2.24, 2.45) is 10.9 Å². The molecule has 0 aromatic rings. The Kier molecular flexibility index (Phi) is 7.15. The average Bonchev–Trinajstić information content (AvgIpc) is 2.56. The third-order valence-electron chi connectivity index (χ3n) is 5.19. The van der Waals surface area contributed by atoms with E-state index in [0.29, 0.717) is 6.04 Å². The van der Waals surface area contributed by atoms with Gasteiger partial charge in [-0.15, -0.1) is 0 Å². The van der Waals surface area contributed by atoms with Crippen LogP contribution in [0.3, 0.4) is 0 Å². The van der Waals surface area contributed by atoms with Crippen LogP contribution in [-0.4, -0.2) is 61.8 Å². The van der Waals surface area contributed by atoms with Crippen molar-refractivity contribution in [2.45, 2.75) is 65.0 Å². The van der Waals surface area contributed by atoms with Crippen LogP contribution in [0, 0.1) is 5.92 Å². The van der Waals surface area contributed by atoms with Crippen LogP contribution in [0.4, 0.5) is 0 Å². The van der Waals surface area contributed by atoms with Gasteiger partial charge in [0.1, 0.15) is 0 Å². The second-order valence-electron chi connectivity index (χ2n) is 7.71. The SMILES string of the molecule is CCNC(=NCC(C)(C)N1CCOCC1)NC1CCC(C)CC1. The standard InChI is InChI=1S/C18H36N4O/c1-5-19-17(21-16-8-6-15(2)7-9-16)20-14-18(3,4)22-10-12-23-13-11-22/h15-16H,5-14H2,1-4H3,(H2,19,20,21). The maximum Gasteiger partial charge on any atom is 0.191 e. The number of nitrogens with one attached hydrogen (secondary N) is 2. The van der Waals surface area contributed by atoms with Gasteiger partial charge in [0, 0.05) is 31.2 Å².